The minimum atomic E-state index is -0.552. The molecular formula is C13H21ClFNO. The molecule has 0 aliphatic heterocycles. The van der Waals surface area contributed by atoms with Gasteiger partial charge in [0, 0.05) is 0 Å². The van der Waals surface area contributed by atoms with Crippen LogP contribution in [0.2, 0.25) is 0 Å². The maximum atomic E-state index is 12.9. The van der Waals surface area contributed by atoms with Crippen molar-refractivity contribution in [2.24, 2.45) is 5.73 Å². The van der Waals surface area contributed by atoms with E-state index in [-0.39, 0.29) is 18.2 Å². The van der Waals surface area contributed by atoms with Crippen molar-refractivity contribution < 1.29 is 9.50 Å². The second kappa shape index (κ2) is 7.64. The quantitative estimate of drug-likeness (QED) is 0.856. The van der Waals surface area contributed by atoms with Crippen molar-refractivity contribution in [2.75, 3.05) is 0 Å². The van der Waals surface area contributed by atoms with E-state index in [2.05, 4.69) is 6.92 Å². The average Bonchev–Trinajstić information content (AvgIpc) is 2.25. The predicted octanol–water partition coefficient (Wildman–Crippen LogP) is 3.11. The van der Waals surface area contributed by atoms with Gasteiger partial charge in [0.1, 0.15) is 5.82 Å². The number of unbranched alkanes of at least 4 members (excludes halogenated alkanes) is 1. The topological polar surface area (TPSA) is 46.2 Å². The van der Waals surface area contributed by atoms with Crippen LogP contribution in [0, 0.1) is 12.7 Å². The number of benzene rings is 1. The van der Waals surface area contributed by atoms with Crippen LogP contribution in [0.3, 0.4) is 0 Å². The van der Waals surface area contributed by atoms with Crippen molar-refractivity contribution in [3.8, 4) is 0 Å². The standard InChI is InChI=1S/C13H20FNO.ClH/c1-3-4-5-12(16)13(15)11-7-6-10(14)8-9(11)2;/h6-8,12-13,16H,3-5,15H2,1-2H3;1H/t12-,13+;/m0./s1. The van der Waals surface area contributed by atoms with E-state index >= 15 is 0 Å². The summed E-state index contributed by atoms with van der Waals surface area (Å²) in [4.78, 5) is 0. The van der Waals surface area contributed by atoms with Gasteiger partial charge in [-0.25, -0.2) is 4.39 Å². The molecule has 0 aliphatic carbocycles. The molecule has 0 radical (unpaired) electrons. The van der Waals surface area contributed by atoms with Gasteiger partial charge in [-0.15, -0.1) is 12.4 Å². The molecule has 0 heterocycles. The number of hydrogen-bond donors (Lipinski definition) is 2. The van der Waals surface area contributed by atoms with Gasteiger partial charge in [-0.1, -0.05) is 25.8 Å². The van der Waals surface area contributed by atoms with Crippen LogP contribution in [-0.2, 0) is 0 Å². The third-order valence-electron chi connectivity index (χ3n) is 2.86. The summed E-state index contributed by atoms with van der Waals surface area (Å²) in [5, 5.41) is 9.88. The molecule has 2 nitrogen and oxygen atoms in total. The lowest BCUT2D eigenvalue weighted by atomic mass is 9.95. The van der Waals surface area contributed by atoms with Crippen LogP contribution in [0.25, 0.3) is 0 Å². The van der Waals surface area contributed by atoms with E-state index in [1.165, 1.54) is 12.1 Å². The Bertz CT molecular complexity index is 346. The van der Waals surface area contributed by atoms with E-state index in [0.29, 0.717) is 6.42 Å². The van der Waals surface area contributed by atoms with Crippen molar-refractivity contribution >= 4 is 12.4 Å². The second-order valence-corrected chi connectivity index (χ2v) is 4.24. The van der Waals surface area contributed by atoms with Crippen LogP contribution in [-0.4, -0.2) is 11.2 Å². The molecule has 1 aromatic carbocycles. The zero-order chi connectivity index (χ0) is 12.1. The minimum Gasteiger partial charge on any atom is -0.391 e. The SMILES string of the molecule is CCCC[C@H](O)[C@H](N)c1ccc(F)cc1C.Cl. The number of hydrogen-bond acceptors (Lipinski definition) is 2. The van der Waals surface area contributed by atoms with E-state index in [0.717, 1.165) is 24.0 Å². The Kier molecular flexibility index (Phi) is 7.35. The molecule has 0 aromatic heterocycles. The second-order valence-electron chi connectivity index (χ2n) is 4.24. The molecule has 3 N–H and O–H groups in total. The van der Waals surface area contributed by atoms with Gasteiger partial charge in [0.2, 0.25) is 0 Å². The summed E-state index contributed by atoms with van der Waals surface area (Å²) in [6.45, 7) is 3.88. The monoisotopic (exact) mass is 261 g/mol. The van der Waals surface area contributed by atoms with Gasteiger partial charge in [0.15, 0.2) is 0 Å². The Morgan fingerprint density at radius 3 is 2.59 bits per heavy atom. The molecule has 1 aromatic rings. The van der Waals surface area contributed by atoms with Crippen molar-refractivity contribution in [3.05, 3.63) is 35.1 Å². The lowest BCUT2D eigenvalue weighted by Gasteiger charge is -2.20. The van der Waals surface area contributed by atoms with Crippen LogP contribution in [0.15, 0.2) is 18.2 Å². The van der Waals surface area contributed by atoms with E-state index in [4.69, 9.17) is 5.73 Å². The number of aliphatic hydroxyl groups is 1. The molecular weight excluding hydrogens is 241 g/mol. The highest BCUT2D eigenvalue weighted by atomic mass is 35.5. The van der Waals surface area contributed by atoms with E-state index in [9.17, 15) is 9.50 Å². The van der Waals surface area contributed by atoms with Crippen LogP contribution < -0.4 is 5.73 Å². The number of aliphatic hydroxyl groups excluding tert-OH is 1. The summed E-state index contributed by atoms with van der Waals surface area (Å²) in [7, 11) is 0. The lowest BCUT2D eigenvalue weighted by molar-refractivity contribution is 0.132. The summed E-state index contributed by atoms with van der Waals surface area (Å²) in [5.74, 6) is -0.267. The van der Waals surface area contributed by atoms with E-state index in [1.807, 2.05) is 6.92 Å². The molecule has 0 bridgehead atoms. The van der Waals surface area contributed by atoms with E-state index < -0.39 is 12.1 Å². The highest BCUT2D eigenvalue weighted by Gasteiger charge is 2.18. The van der Waals surface area contributed by atoms with Crippen molar-refractivity contribution in [1.82, 2.24) is 0 Å². The fourth-order valence-corrected chi connectivity index (χ4v) is 1.81. The molecule has 0 amide bonds. The molecule has 0 saturated heterocycles. The van der Waals surface area contributed by atoms with Crippen LogP contribution in [0.5, 0.6) is 0 Å². The third-order valence-corrected chi connectivity index (χ3v) is 2.86. The van der Waals surface area contributed by atoms with Gasteiger partial charge < -0.3 is 10.8 Å². The van der Waals surface area contributed by atoms with Crippen molar-refractivity contribution in [1.29, 1.82) is 0 Å². The predicted molar refractivity (Wildman–Crippen MR) is 70.8 cm³/mol. The zero-order valence-electron chi connectivity index (χ0n) is 10.3. The Labute approximate surface area is 108 Å². The average molecular weight is 262 g/mol. The summed E-state index contributed by atoms with van der Waals surface area (Å²) >= 11 is 0. The summed E-state index contributed by atoms with van der Waals surface area (Å²) in [5.41, 5.74) is 7.58. The molecule has 17 heavy (non-hydrogen) atoms. The van der Waals surface area contributed by atoms with Gasteiger partial charge in [-0.05, 0) is 36.6 Å². The number of aryl methyl sites for hydroxylation is 1. The normalized spacial score (nSPS) is 13.9. The lowest BCUT2D eigenvalue weighted by Crippen LogP contribution is -2.26. The molecule has 1 rings (SSSR count). The summed E-state index contributed by atoms with van der Waals surface area (Å²) < 4.78 is 12.9. The Hall–Kier alpha value is -0.640. The molecule has 0 aliphatic rings. The third kappa shape index (κ3) is 4.62. The maximum Gasteiger partial charge on any atom is 0.123 e. The largest absolute Gasteiger partial charge is 0.391 e. The Morgan fingerprint density at radius 2 is 2.06 bits per heavy atom. The molecule has 0 saturated carbocycles. The smallest absolute Gasteiger partial charge is 0.123 e. The Balaban J connectivity index is 0.00000256. The first-order valence-corrected chi connectivity index (χ1v) is 5.76. The first-order chi connectivity index (χ1) is 7.56. The Morgan fingerprint density at radius 1 is 1.41 bits per heavy atom. The summed E-state index contributed by atoms with van der Waals surface area (Å²) in [6, 6.07) is 4.06. The fourth-order valence-electron chi connectivity index (χ4n) is 1.81. The molecule has 98 valence electrons. The van der Waals surface area contributed by atoms with Crippen molar-refractivity contribution in [2.45, 2.75) is 45.3 Å². The summed E-state index contributed by atoms with van der Waals surface area (Å²) in [6.07, 6.45) is 2.12. The van der Waals surface area contributed by atoms with Gasteiger partial charge >= 0.3 is 0 Å². The molecule has 0 fully saturated rings. The van der Waals surface area contributed by atoms with Crippen LogP contribution >= 0.6 is 12.4 Å². The van der Waals surface area contributed by atoms with Crippen molar-refractivity contribution in [3.63, 3.8) is 0 Å². The zero-order valence-corrected chi connectivity index (χ0v) is 11.1. The molecule has 0 spiro atoms. The van der Waals surface area contributed by atoms with Crippen LogP contribution in [0.1, 0.15) is 43.4 Å². The highest BCUT2D eigenvalue weighted by Crippen LogP contribution is 2.22. The molecule has 4 heteroatoms. The van der Waals surface area contributed by atoms with Gasteiger partial charge in [0.05, 0.1) is 12.1 Å². The minimum absolute atomic E-state index is 0. The first-order valence-electron chi connectivity index (χ1n) is 5.76. The number of nitrogens with two attached hydrogens (primary N) is 1. The van der Waals surface area contributed by atoms with Gasteiger partial charge in [0.25, 0.3) is 0 Å². The molecule has 0 unspecified atom stereocenters. The molecule has 2 atom stereocenters. The fraction of sp³-hybridized carbons (Fsp3) is 0.538. The number of halogens is 2. The maximum absolute atomic E-state index is 12.9. The first kappa shape index (κ1) is 16.4. The van der Waals surface area contributed by atoms with E-state index in [1.54, 1.807) is 6.07 Å². The van der Waals surface area contributed by atoms with Gasteiger partial charge in [-0.3, -0.25) is 0 Å². The highest BCUT2D eigenvalue weighted by molar-refractivity contribution is 5.85. The number of rotatable bonds is 5. The van der Waals surface area contributed by atoms with Crippen LogP contribution in [0.4, 0.5) is 4.39 Å². The van der Waals surface area contributed by atoms with Gasteiger partial charge in [-0.2, -0.15) is 0 Å².